The quantitative estimate of drug-likeness (QED) is 0.0615. The maximum absolute atomic E-state index is 13.2. The van der Waals surface area contributed by atoms with Crippen LogP contribution in [0.1, 0.15) is 11.1 Å². The van der Waals surface area contributed by atoms with Gasteiger partial charge in [-0.25, -0.2) is 13.6 Å². The molecule has 0 fully saturated rings. The van der Waals surface area contributed by atoms with Crippen LogP contribution in [-0.2, 0) is 51.6 Å². The summed E-state index contributed by atoms with van der Waals surface area (Å²) in [5.74, 6) is -6.25. The fourth-order valence-electron chi connectivity index (χ4n) is 4.83. The topological polar surface area (TPSA) is 277 Å². The monoisotopic (exact) mass is 722 g/mol. The molecular weight excluding hydrogens is 680 g/mol. The van der Waals surface area contributed by atoms with E-state index in [0.717, 1.165) is 16.0 Å². The highest BCUT2D eigenvalue weighted by Gasteiger charge is 2.24. The Kier molecular flexibility index (Phi) is 16.9. The van der Waals surface area contributed by atoms with Crippen LogP contribution in [0.2, 0.25) is 0 Å². The van der Waals surface area contributed by atoms with Crippen LogP contribution in [0.3, 0.4) is 0 Å². The predicted octanol–water partition coefficient (Wildman–Crippen LogP) is -2.04. The molecular formula is C31H42N6O12S. The van der Waals surface area contributed by atoms with Crippen LogP contribution in [0.5, 0.6) is 0 Å². The van der Waals surface area contributed by atoms with Crippen LogP contribution in [0.4, 0.5) is 0 Å². The average molecular weight is 723 g/mol. The van der Waals surface area contributed by atoms with Gasteiger partial charge >= 0.3 is 23.9 Å². The van der Waals surface area contributed by atoms with Crippen molar-refractivity contribution in [3.05, 3.63) is 65.7 Å². The first-order valence-electron chi connectivity index (χ1n) is 15.3. The van der Waals surface area contributed by atoms with E-state index in [0.29, 0.717) is 6.42 Å². The Morgan fingerprint density at radius 2 is 1.10 bits per heavy atom. The number of amides is 2. The molecule has 0 unspecified atom stereocenters. The van der Waals surface area contributed by atoms with E-state index < -0.39 is 84.5 Å². The number of carbonyl (C=O) groups excluding carboxylic acids is 2. The van der Waals surface area contributed by atoms with Gasteiger partial charge in [-0.05, 0) is 29.7 Å². The summed E-state index contributed by atoms with van der Waals surface area (Å²) in [5, 5.41) is 47.5. The Morgan fingerprint density at radius 3 is 1.58 bits per heavy atom. The molecule has 0 saturated heterocycles. The standard InChI is InChI=1S/C31H42N6O12S/c32-50(48,49)24-8-6-22(7-9-24)10-11-33-31(47)25(16-23-4-2-1-3-5-23)34-26(38)17-36(19-28(41)42)14-12-35(18-27(39)40)13-15-37(20-29(43)44)21-30(45)46/h1-9,25H,10-21H2,(H,33,47)(H,34,38)(H,39,40)(H,41,42)(H,43,44)(H,45,46)(H2,32,48,49)/t25-/m0/s1. The van der Waals surface area contributed by atoms with Gasteiger partial charge in [0.1, 0.15) is 6.04 Å². The third-order valence-electron chi connectivity index (χ3n) is 7.17. The van der Waals surface area contributed by atoms with E-state index in [1.54, 1.807) is 42.5 Å². The van der Waals surface area contributed by atoms with Crippen LogP contribution in [0.25, 0.3) is 0 Å². The molecule has 0 aliphatic rings. The highest BCUT2D eigenvalue weighted by atomic mass is 32.2. The molecule has 0 saturated carbocycles. The van der Waals surface area contributed by atoms with Gasteiger partial charge in [0.05, 0.1) is 37.6 Å². The zero-order chi connectivity index (χ0) is 37.3. The predicted molar refractivity (Wildman–Crippen MR) is 176 cm³/mol. The molecule has 8 N–H and O–H groups in total. The molecule has 0 radical (unpaired) electrons. The normalized spacial score (nSPS) is 12.1. The molecule has 50 heavy (non-hydrogen) atoms. The number of rotatable bonds is 24. The number of hydrogen-bond acceptors (Lipinski definition) is 11. The first kappa shape index (κ1) is 41.2. The second-order valence-electron chi connectivity index (χ2n) is 11.3. The molecule has 1 atom stereocenters. The molecule has 18 nitrogen and oxygen atoms in total. The lowest BCUT2D eigenvalue weighted by Crippen LogP contribution is -2.52. The number of carboxylic acid groups (broad SMARTS) is 4. The first-order valence-corrected chi connectivity index (χ1v) is 16.8. The van der Waals surface area contributed by atoms with Crippen molar-refractivity contribution in [2.24, 2.45) is 5.14 Å². The van der Waals surface area contributed by atoms with Gasteiger partial charge in [-0.1, -0.05) is 42.5 Å². The lowest BCUT2D eigenvalue weighted by atomic mass is 10.0. The fourth-order valence-corrected chi connectivity index (χ4v) is 5.35. The summed E-state index contributed by atoms with van der Waals surface area (Å²) in [6.45, 7) is -2.96. The number of primary sulfonamides is 1. The second-order valence-corrected chi connectivity index (χ2v) is 12.9. The summed E-state index contributed by atoms with van der Waals surface area (Å²) in [7, 11) is -3.86. The number of benzene rings is 2. The molecule has 0 aromatic heterocycles. The van der Waals surface area contributed by atoms with Gasteiger partial charge < -0.3 is 31.1 Å². The number of nitrogens with zero attached hydrogens (tertiary/aromatic N) is 3. The molecule has 0 spiro atoms. The number of hydrogen-bond donors (Lipinski definition) is 7. The summed E-state index contributed by atoms with van der Waals surface area (Å²) in [4.78, 5) is 75.4. The summed E-state index contributed by atoms with van der Waals surface area (Å²) in [5.41, 5.74) is 1.46. The van der Waals surface area contributed by atoms with Gasteiger partial charge in [0, 0.05) is 39.1 Å². The average Bonchev–Trinajstić information content (AvgIpc) is 3.01. The third-order valence-corrected chi connectivity index (χ3v) is 8.10. The number of sulfonamides is 1. The van der Waals surface area contributed by atoms with Crippen molar-refractivity contribution >= 4 is 45.7 Å². The highest BCUT2D eigenvalue weighted by molar-refractivity contribution is 7.89. The van der Waals surface area contributed by atoms with Crippen molar-refractivity contribution in [2.75, 3.05) is 65.4 Å². The maximum Gasteiger partial charge on any atom is 0.317 e. The number of aliphatic carboxylic acids is 4. The number of carboxylic acids is 4. The zero-order valence-electron chi connectivity index (χ0n) is 27.1. The zero-order valence-corrected chi connectivity index (χ0v) is 28.0. The first-order chi connectivity index (χ1) is 23.5. The summed E-state index contributed by atoms with van der Waals surface area (Å²) in [6, 6.07) is 13.6. The smallest absolute Gasteiger partial charge is 0.317 e. The Hall–Kier alpha value is -4.95. The van der Waals surface area contributed by atoms with Crippen molar-refractivity contribution in [3.8, 4) is 0 Å². The third kappa shape index (κ3) is 16.9. The molecule has 2 aromatic rings. The molecule has 2 aromatic carbocycles. The van der Waals surface area contributed by atoms with E-state index in [2.05, 4.69) is 10.6 Å². The van der Waals surface area contributed by atoms with Gasteiger partial charge in [-0.15, -0.1) is 0 Å². The van der Waals surface area contributed by atoms with Crippen molar-refractivity contribution in [3.63, 3.8) is 0 Å². The highest BCUT2D eigenvalue weighted by Crippen LogP contribution is 2.09. The Balaban J connectivity index is 2.08. The number of carbonyl (C=O) groups is 6. The van der Waals surface area contributed by atoms with E-state index >= 15 is 0 Å². The van der Waals surface area contributed by atoms with Crippen LogP contribution < -0.4 is 15.8 Å². The summed E-state index contributed by atoms with van der Waals surface area (Å²) < 4.78 is 23.0. The Morgan fingerprint density at radius 1 is 0.640 bits per heavy atom. The second kappa shape index (κ2) is 20.5. The Labute approximate surface area is 288 Å². The van der Waals surface area contributed by atoms with E-state index in [9.17, 15) is 47.4 Å². The van der Waals surface area contributed by atoms with Crippen molar-refractivity contribution in [1.82, 2.24) is 25.3 Å². The van der Waals surface area contributed by atoms with Crippen LogP contribution in [0, 0.1) is 0 Å². The molecule has 274 valence electrons. The molecule has 19 heteroatoms. The minimum absolute atomic E-state index is 0.0550. The van der Waals surface area contributed by atoms with Gasteiger partial charge in [-0.3, -0.25) is 43.5 Å². The molecule has 0 aliphatic carbocycles. The molecule has 2 amide bonds. The molecule has 0 bridgehead atoms. The Bertz CT molecular complexity index is 1560. The largest absolute Gasteiger partial charge is 0.480 e. The van der Waals surface area contributed by atoms with Crippen LogP contribution in [-0.4, -0.2) is 151 Å². The van der Waals surface area contributed by atoms with Gasteiger partial charge in [0.15, 0.2) is 0 Å². The summed E-state index contributed by atoms with van der Waals surface area (Å²) in [6.07, 6.45) is 0.447. The van der Waals surface area contributed by atoms with Crippen molar-refractivity contribution in [1.29, 1.82) is 0 Å². The summed E-state index contributed by atoms with van der Waals surface area (Å²) >= 11 is 0. The van der Waals surface area contributed by atoms with Gasteiger partial charge in [0.25, 0.3) is 0 Å². The van der Waals surface area contributed by atoms with Crippen molar-refractivity contribution < 1.29 is 57.6 Å². The lowest BCUT2D eigenvalue weighted by Gasteiger charge is -2.28. The maximum atomic E-state index is 13.2. The van der Waals surface area contributed by atoms with E-state index in [-0.39, 0.29) is 44.0 Å². The minimum Gasteiger partial charge on any atom is -0.480 e. The van der Waals surface area contributed by atoms with E-state index in [4.69, 9.17) is 15.4 Å². The van der Waals surface area contributed by atoms with Crippen LogP contribution >= 0.6 is 0 Å². The number of nitrogens with one attached hydrogen (secondary N) is 2. The molecule has 0 aliphatic heterocycles. The number of nitrogens with two attached hydrogens (primary N) is 1. The molecule has 2 rings (SSSR count). The van der Waals surface area contributed by atoms with Crippen molar-refractivity contribution in [2.45, 2.75) is 23.8 Å². The molecule has 0 heterocycles. The SMILES string of the molecule is NS(=O)(=O)c1ccc(CCNC(=O)[C@H](Cc2ccccc2)NC(=O)CN(CCN(CCN(CC(=O)O)CC(=O)O)CC(=O)O)CC(=O)O)cc1. The van der Waals surface area contributed by atoms with Crippen LogP contribution in [0.15, 0.2) is 59.5 Å². The minimum atomic E-state index is -3.86. The van der Waals surface area contributed by atoms with E-state index in [1.807, 2.05) is 0 Å². The van der Waals surface area contributed by atoms with Gasteiger partial charge in [-0.2, -0.15) is 0 Å². The fraction of sp³-hybridized carbons (Fsp3) is 0.419. The lowest BCUT2D eigenvalue weighted by molar-refractivity contribution is -0.143. The van der Waals surface area contributed by atoms with Gasteiger partial charge in [0.2, 0.25) is 21.8 Å². The van der Waals surface area contributed by atoms with E-state index in [1.165, 1.54) is 21.9 Å².